The van der Waals surface area contributed by atoms with Gasteiger partial charge in [0.05, 0.1) is 66.9 Å². The van der Waals surface area contributed by atoms with E-state index in [1.54, 1.807) is 0 Å². The number of rotatable bonds is 4. The van der Waals surface area contributed by atoms with Crippen molar-refractivity contribution in [1.82, 2.24) is 39.9 Å². The molecule has 8 aromatic heterocycles. The maximum Gasteiger partial charge on any atom is 0.0872 e. The van der Waals surface area contributed by atoms with E-state index in [0.29, 0.717) is 0 Å². The molecule has 16 rings (SSSR count). The first-order valence-electron chi connectivity index (χ1n) is 28.6. The lowest BCUT2D eigenvalue weighted by Crippen LogP contribution is -1.93. The second kappa shape index (κ2) is 16.9. The first kappa shape index (κ1) is 48.3. The Kier molecular flexibility index (Phi) is 9.97. The van der Waals surface area contributed by atoms with Crippen molar-refractivity contribution in [1.29, 1.82) is 0 Å². The summed E-state index contributed by atoms with van der Waals surface area (Å²) in [7, 11) is 0. The van der Waals surface area contributed by atoms with Crippen LogP contribution < -0.4 is 0 Å². The number of nitrogens with one attached hydrogen (secondary N) is 4. The Bertz CT molecular complexity index is 5040. The van der Waals surface area contributed by atoms with Gasteiger partial charge in [-0.3, -0.25) is 0 Å². The molecular weight excluding hydrogens is 1000 g/mol. The van der Waals surface area contributed by atoms with E-state index in [2.05, 4.69) is 224 Å². The fourth-order valence-corrected chi connectivity index (χ4v) is 15.2. The predicted molar refractivity (Wildman–Crippen MR) is 347 cm³/mol. The number of aromatic amines is 4. The first-order valence-corrected chi connectivity index (χ1v) is 28.6. The van der Waals surface area contributed by atoms with E-state index in [4.69, 9.17) is 19.9 Å². The quantitative estimate of drug-likeness (QED) is 0.141. The lowest BCUT2D eigenvalue weighted by atomic mass is 9.92. The SMILES string of the molecule is Cc1cc(C)c(-c2c3nc(c4ccc([nH]4)c(-c4c(C)cc(C)cc4C)c4cc5c6cc7nc6c6c8[nH]c(cc8c8cc2[nH]c8c6c5n4)c(-c2c(C)cc(C)cc2C)c2nc(c4ccc([nH]4)c7-c4c(C)cc(C)cc4C)C=C2)C=C3)c(C)c1. The van der Waals surface area contributed by atoms with E-state index < -0.39 is 0 Å². The van der Waals surface area contributed by atoms with Crippen LogP contribution in [0.2, 0.25) is 0 Å². The highest BCUT2D eigenvalue weighted by Gasteiger charge is 2.28. The molecule has 0 unspecified atom stereocenters. The molecule has 0 fully saturated rings. The zero-order valence-electron chi connectivity index (χ0n) is 48.3. The van der Waals surface area contributed by atoms with Gasteiger partial charge in [0.1, 0.15) is 0 Å². The summed E-state index contributed by atoms with van der Waals surface area (Å²) in [6, 6.07) is 36.6. The van der Waals surface area contributed by atoms with Crippen LogP contribution in [0, 0.1) is 83.1 Å². The van der Waals surface area contributed by atoms with Crippen molar-refractivity contribution in [3.63, 3.8) is 0 Å². The van der Waals surface area contributed by atoms with E-state index >= 15 is 0 Å². The van der Waals surface area contributed by atoms with Crippen LogP contribution >= 0.6 is 0 Å². The number of nitrogens with zero attached hydrogens (tertiary/aromatic N) is 4. The summed E-state index contributed by atoms with van der Waals surface area (Å²) < 4.78 is 0. The summed E-state index contributed by atoms with van der Waals surface area (Å²) in [4.78, 5) is 39.5. The molecule has 8 nitrogen and oxygen atoms in total. The lowest BCUT2D eigenvalue weighted by Gasteiger charge is -2.13. The molecule has 0 saturated carbocycles. The number of aromatic nitrogens is 8. The summed E-state index contributed by atoms with van der Waals surface area (Å²) in [5.41, 5.74) is 38.3. The van der Waals surface area contributed by atoms with Crippen LogP contribution in [0.3, 0.4) is 0 Å². The molecule has 10 heterocycles. The fraction of sp³-hybridized carbons (Fsp3) is 0.162. The molecule has 8 heteroatoms. The third-order valence-corrected chi connectivity index (χ3v) is 18.0. The van der Waals surface area contributed by atoms with Crippen LogP contribution in [-0.2, 0) is 0 Å². The minimum Gasteiger partial charge on any atom is -0.354 e. The molecule has 0 saturated heterocycles. The Morgan fingerprint density at radius 1 is 0.256 bits per heavy atom. The highest BCUT2D eigenvalue weighted by molar-refractivity contribution is 6.39. The molecular formula is C74H60N8. The average Bonchev–Trinajstić information content (AvgIpc) is 1.71. The third-order valence-electron chi connectivity index (χ3n) is 18.0. The maximum atomic E-state index is 6.02. The van der Waals surface area contributed by atoms with E-state index in [-0.39, 0.29) is 0 Å². The fourth-order valence-electron chi connectivity index (χ4n) is 15.2. The summed E-state index contributed by atoms with van der Waals surface area (Å²) >= 11 is 0. The smallest absolute Gasteiger partial charge is 0.0872 e. The van der Waals surface area contributed by atoms with Gasteiger partial charge < -0.3 is 19.9 Å². The molecule has 82 heavy (non-hydrogen) atoms. The monoisotopic (exact) mass is 1060 g/mol. The van der Waals surface area contributed by atoms with Gasteiger partial charge in [0, 0.05) is 76.6 Å². The predicted octanol–water partition coefficient (Wildman–Crippen LogP) is 19.4. The summed E-state index contributed by atoms with van der Waals surface area (Å²) in [6.07, 6.45) is 8.72. The van der Waals surface area contributed by atoms with Gasteiger partial charge in [-0.05, 0) is 223 Å². The second-order valence-electron chi connectivity index (χ2n) is 24.1. The van der Waals surface area contributed by atoms with Crippen LogP contribution in [0.5, 0.6) is 0 Å². The van der Waals surface area contributed by atoms with E-state index in [0.717, 1.165) is 155 Å². The van der Waals surface area contributed by atoms with Gasteiger partial charge in [-0.15, -0.1) is 0 Å². The van der Waals surface area contributed by atoms with Crippen molar-refractivity contribution in [2.75, 3.05) is 0 Å². The van der Waals surface area contributed by atoms with Crippen LogP contribution in [-0.4, -0.2) is 39.9 Å². The standard InChI is InChI=1S/C74H60N8/c1-33-21-37(5)61(38(6)22-33)65-53-17-13-49(75-53)50-14-18-54(76-50)66(62-39(7)23-34(2)24-40(62)8)59-31-47-48-32-60-68(64-43(11)27-36(4)28-44(64)12)56-20-16-52(78-56)51-15-19-55(77-51)67(63-41(9)25-35(3)26-42(63)10)58-30-46-45-29-57(65)79-71(45)69(73(47)81-59)70(72(46)80-58)74(48)82-60/h13-32,75,77,81-82H,1-12H3. The van der Waals surface area contributed by atoms with Crippen LogP contribution in [0.1, 0.15) is 89.5 Å². The second-order valence-corrected chi connectivity index (χ2v) is 24.1. The van der Waals surface area contributed by atoms with Crippen molar-refractivity contribution >= 4 is 123 Å². The number of aryl methyl sites for hydroxylation is 12. The van der Waals surface area contributed by atoms with Gasteiger partial charge in [-0.2, -0.15) is 0 Å². The van der Waals surface area contributed by atoms with Crippen LogP contribution in [0.4, 0.5) is 0 Å². The Morgan fingerprint density at radius 2 is 0.561 bits per heavy atom. The Balaban J connectivity index is 1.23. The zero-order chi connectivity index (χ0) is 56.0. The minimum atomic E-state index is 0.880. The van der Waals surface area contributed by atoms with Crippen molar-refractivity contribution in [2.45, 2.75) is 83.1 Å². The maximum absolute atomic E-state index is 6.02. The van der Waals surface area contributed by atoms with Gasteiger partial charge >= 0.3 is 0 Å². The molecule has 0 aliphatic carbocycles. The van der Waals surface area contributed by atoms with E-state index in [1.165, 1.54) is 77.9 Å². The highest BCUT2D eigenvalue weighted by atomic mass is 14.8. The Morgan fingerprint density at radius 3 is 0.902 bits per heavy atom. The van der Waals surface area contributed by atoms with Crippen molar-refractivity contribution in [3.8, 4) is 44.5 Å². The first-order chi connectivity index (χ1) is 39.5. The molecule has 0 amide bonds. The average molecular weight is 1060 g/mol. The number of fused-ring (bicyclic) bond motifs is 16. The number of hydrogen-bond donors (Lipinski definition) is 4. The third kappa shape index (κ3) is 6.84. The van der Waals surface area contributed by atoms with Gasteiger partial charge in [-0.1, -0.05) is 70.8 Å². The molecule has 0 radical (unpaired) electrons. The summed E-state index contributed by atoms with van der Waals surface area (Å²) in [5, 5.41) is 6.29. The topological polar surface area (TPSA) is 115 Å². The molecule has 16 bridgehead atoms. The van der Waals surface area contributed by atoms with Gasteiger partial charge in [0.2, 0.25) is 0 Å². The van der Waals surface area contributed by atoms with Crippen LogP contribution in [0.25, 0.3) is 167 Å². The molecule has 2 aliphatic rings. The molecule has 0 spiro atoms. The van der Waals surface area contributed by atoms with Crippen LogP contribution in [0.15, 0.2) is 97.1 Å². The van der Waals surface area contributed by atoms with Crippen molar-refractivity contribution in [2.24, 2.45) is 0 Å². The number of hydrogen-bond acceptors (Lipinski definition) is 4. The number of H-pyrrole nitrogens is 4. The summed E-state index contributed by atoms with van der Waals surface area (Å²) in [5.74, 6) is 0. The van der Waals surface area contributed by atoms with Crippen molar-refractivity contribution < 1.29 is 0 Å². The lowest BCUT2D eigenvalue weighted by molar-refractivity contribution is 1.29. The largest absolute Gasteiger partial charge is 0.354 e. The van der Waals surface area contributed by atoms with E-state index in [9.17, 15) is 0 Å². The number of benzene rings is 6. The minimum absolute atomic E-state index is 0.880. The van der Waals surface area contributed by atoms with Gasteiger partial charge in [-0.25, -0.2) is 19.9 Å². The highest BCUT2D eigenvalue weighted by Crippen LogP contribution is 2.50. The molecule has 0 atom stereocenters. The Labute approximate surface area is 474 Å². The molecule has 14 aromatic rings. The normalized spacial score (nSPS) is 12.8. The molecule has 2 aliphatic heterocycles. The van der Waals surface area contributed by atoms with E-state index in [1.807, 2.05) is 0 Å². The van der Waals surface area contributed by atoms with Gasteiger partial charge in [0.25, 0.3) is 0 Å². The zero-order valence-corrected chi connectivity index (χ0v) is 48.3. The molecule has 6 aromatic carbocycles. The van der Waals surface area contributed by atoms with Gasteiger partial charge in [0.15, 0.2) is 0 Å². The molecule has 396 valence electrons. The summed E-state index contributed by atoms with van der Waals surface area (Å²) in [6.45, 7) is 26.6. The molecule has 4 N–H and O–H groups in total. The van der Waals surface area contributed by atoms with Crippen molar-refractivity contribution in [3.05, 3.63) is 187 Å². The Hall–Kier alpha value is -9.66.